The van der Waals surface area contributed by atoms with E-state index in [0.29, 0.717) is 25.2 Å². The summed E-state index contributed by atoms with van der Waals surface area (Å²) in [7, 11) is 0. The summed E-state index contributed by atoms with van der Waals surface area (Å²) < 4.78 is 0. The predicted molar refractivity (Wildman–Crippen MR) is 67.3 cm³/mol. The van der Waals surface area contributed by atoms with Crippen LogP contribution in [0.3, 0.4) is 0 Å². The molecule has 5 nitrogen and oxygen atoms in total. The van der Waals surface area contributed by atoms with Crippen LogP contribution in [0.5, 0.6) is 0 Å². The lowest BCUT2D eigenvalue weighted by Crippen LogP contribution is -2.59. The van der Waals surface area contributed by atoms with Crippen LogP contribution in [0, 0.1) is 5.92 Å². The van der Waals surface area contributed by atoms with Crippen LogP contribution in [0.2, 0.25) is 0 Å². The first-order valence-electron chi connectivity index (χ1n) is 6.78. The number of rotatable bonds is 2. The topological polar surface area (TPSA) is 60.9 Å². The van der Waals surface area contributed by atoms with E-state index in [1.54, 1.807) is 4.90 Å². The van der Waals surface area contributed by atoms with Gasteiger partial charge >= 0.3 is 12.0 Å². The van der Waals surface area contributed by atoms with E-state index in [0.717, 1.165) is 12.8 Å². The number of hydrogen-bond acceptors (Lipinski definition) is 2. The van der Waals surface area contributed by atoms with Gasteiger partial charge < -0.3 is 14.9 Å². The molecule has 0 aromatic rings. The van der Waals surface area contributed by atoms with Crippen molar-refractivity contribution in [3.05, 3.63) is 0 Å². The van der Waals surface area contributed by atoms with E-state index in [1.807, 2.05) is 4.90 Å². The van der Waals surface area contributed by atoms with Crippen molar-refractivity contribution in [1.82, 2.24) is 9.80 Å². The van der Waals surface area contributed by atoms with Gasteiger partial charge in [-0.25, -0.2) is 4.79 Å². The zero-order valence-corrected chi connectivity index (χ0v) is 11.1. The number of aliphatic carboxylic acids is 1. The molecule has 0 bridgehead atoms. The molecular weight excluding hydrogens is 232 g/mol. The number of nitrogens with zero attached hydrogens (tertiary/aromatic N) is 2. The third-order valence-corrected chi connectivity index (χ3v) is 4.11. The molecule has 2 amide bonds. The van der Waals surface area contributed by atoms with Gasteiger partial charge in [-0.05, 0) is 33.1 Å². The van der Waals surface area contributed by atoms with Gasteiger partial charge in [-0.1, -0.05) is 0 Å². The molecule has 0 aromatic heterocycles. The molecule has 0 aromatic carbocycles. The molecule has 2 aliphatic rings. The van der Waals surface area contributed by atoms with Crippen LogP contribution >= 0.6 is 0 Å². The Morgan fingerprint density at radius 3 is 2.22 bits per heavy atom. The van der Waals surface area contributed by atoms with Crippen LogP contribution in [0.1, 0.15) is 39.5 Å². The van der Waals surface area contributed by atoms with E-state index in [1.165, 1.54) is 6.42 Å². The van der Waals surface area contributed by atoms with Crippen LogP contribution in [-0.4, -0.2) is 52.1 Å². The van der Waals surface area contributed by atoms with Crippen molar-refractivity contribution in [1.29, 1.82) is 0 Å². The summed E-state index contributed by atoms with van der Waals surface area (Å²) in [6.45, 7) is 5.40. The minimum atomic E-state index is -0.771. The molecule has 0 aliphatic carbocycles. The number of amides is 2. The molecule has 1 N–H and O–H groups in total. The fraction of sp³-hybridized carbons (Fsp3) is 0.846. The molecule has 0 radical (unpaired) electrons. The van der Waals surface area contributed by atoms with Crippen molar-refractivity contribution >= 4 is 12.0 Å². The monoisotopic (exact) mass is 254 g/mol. The highest BCUT2D eigenvalue weighted by Gasteiger charge is 2.38. The fourth-order valence-corrected chi connectivity index (χ4v) is 3.06. The Kier molecular flexibility index (Phi) is 3.78. The maximum atomic E-state index is 12.3. The molecule has 2 heterocycles. The molecule has 2 aliphatic heterocycles. The number of piperidine rings is 1. The number of carboxylic acids is 1. The molecule has 5 heteroatoms. The third kappa shape index (κ3) is 2.60. The lowest BCUT2D eigenvalue weighted by molar-refractivity contribution is -0.139. The first-order chi connectivity index (χ1) is 8.49. The van der Waals surface area contributed by atoms with Crippen molar-refractivity contribution in [2.24, 2.45) is 5.92 Å². The Balaban J connectivity index is 1.87. The Morgan fingerprint density at radius 1 is 1.17 bits per heavy atom. The zero-order chi connectivity index (χ0) is 13.3. The highest BCUT2D eigenvalue weighted by atomic mass is 16.4. The van der Waals surface area contributed by atoms with Crippen LogP contribution < -0.4 is 0 Å². The van der Waals surface area contributed by atoms with Gasteiger partial charge in [-0.15, -0.1) is 0 Å². The van der Waals surface area contributed by atoms with Gasteiger partial charge in [0.05, 0.1) is 6.42 Å². The van der Waals surface area contributed by atoms with Gasteiger partial charge in [0.25, 0.3) is 0 Å². The van der Waals surface area contributed by atoms with Crippen molar-refractivity contribution in [3.63, 3.8) is 0 Å². The average molecular weight is 254 g/mol. The average Bonchev–Trinajstić information content (AvgIpc) is 2.22. The van der Waals surface area contributed by atoms with Gasteiger partial charge in [0.1, 0.15) is 0 Å². The first kappa shape index (κ1) is 13.2. The normalized spacial score (nSPS) is 29.0. The quantitative estimate of drug-likeness (QED) is 0.817. The van der Waals surface area contributed by atoms with Crippen LogP contribution in [0.15, 0.2) is 0 Å². The zero-order valence-electron chi connectivity index (χ0n) is 11.1. The lowest BCUT2D eigenvalue weighted by atomic mass is 9.95. The van der Waals surface area contributed by atoms with Crippen molar-refractivity contribution in [3.8, 4) is 0 Å². The fourth-order valence-electron chi connectivity index (χ4n) is 3.06. The molecule has 102 valence electrons. The predicted octanol–water partition coefficient (Wildman–Crippen LogP) is 1.78. The smallest absolute Gasteiger partial charge is 0.320 e. The van der Waals surface area contributed by atoms with E-state index in [4.69, 9.17) is 5.11 Å². The second-order valence-corrected chi connectivity index (χ2v) is 5.69. The van der Waals surface area contributed by atoms with Crippen LogP contribution in [0.4, 0.5) is 4.79 Å². The summed E-state index contributed by atoms with van der Waals surface area (Å²) in [5.41, 5.74) is 0. The van der Waals surface area contributed by atoms with Gasteiger partial charge in [0.15, 0.2) is 0 Å². The van der Waals surface area contributed by atoms with E-state index in [9.17, 15) is 9.59 Å². The Bertz CT molecular complexity index is 329. The molecule has 2 unspecified atom stereocenters. The summed E-state index contributed by atoms with van der Waals surface area (Å²) in [4.78, 5) is 26.7. The first-order valence-corrected chi connectivity index (χ1v) is 6.78. The Morgan fingerprint density at radius 2 is 1.72 bits per heavy atom. The third-order valence-electron chi connectivity index (χ3n) is 4.11. The summed E-state index contributed by atoms with van der Waals surface area (Å²) in [5.74, 6) is -0.631. The molecule has 0 saturated carbocycles. The van der Waals surface area contributed by atoms with Crippen molar-refractivity contribution in [2.75, 3.05) is 13.1 Å². The summed E-state index contributed by atoms with van der Waals surface area (Å²) in [6, 6.07) is 0.705. The Labute approximate surface area is 108 Å². The van der Waals surface area contributed by atoms with Gasteiger partial charge in [0, 0.05) is 31.1 Å². The van der Waals surface area contributed by atoms with Crippen LogP contribution in [-0.2, 0) is 4.79 Å². The summed E-state index contributed by atoms with van der Waals surface area (Å²) >= 11 is 0. The summed E-state index contributed by atoms with van der Waals surface area (Å²) in [5, 5.41) is 8.69. The molecule has 2 atom stereocenters. The van der Waals surface area contributed by atoms with E-state index < -0.39 is 5.97 Å². The molecule has 0 spiro atoms. The number of carboxylic acid groups (broad SMARTS) is 1. The number of carbonyl (C=O) groups excluding carboxylic acids is 1. The number of hydrogen-bond donors (Lipinski definition) is 1. The summed E-state index contributed by atoms with van der Waals surface area (Å²) in [6.07, 6.45) is 3.51. The minimum absolute atomic E-state index is 0.0938. The number of carbonyl (C=O) groups is 2. The highest BCUT2D eigenvalue weighted by Crippen LogP contribution is 2.27. The molecule has 18 heavy (non-hydrogen) atoms. The van der Waals surface area contributed by atoms with E-state index in [2.05, 4.69) is 13.8 Å². The van der Waals surface area contributed by atoms with Crippen molar-refractivity contribution < 1.29 is 14.7 Å². The number of likely N-dealkylation sites (tertiary alicyclic amines) is 2. The standard InChI is InChI=1S/C13H22N2O3/c1-9-4-3-5-10(2)15(9)13(18)14-7-11(8-14)6-12(16)17/h9-11H,3-8H2,1-2H3,(H,16,17). The molecule has 2 saturated heterocycles. The van der Waals surface area contributed by atoms with Gasteiger partial charge in [-0.3, -0.25) is 4.79 Å². The maximum absolute atomic E-state index is 12.3. The minimum Gasteiger partial charge on any atom is -0.481 e. The lowest BCUT2D eigenvalue weighted by Gasteiger charge is -2.46. The number of urea groups is 1. The van der Waals surface area contributed by atoms with Crippen molar-refractivity contribution in [2.45, 2.75) is 51.6 Å². The van der Waals surface area contributed by atoms with Crippen LogP contribution in [0.25, 0.3) is 0 Å². The molecule has 2 rings (SSSR count). The largest absolute Gasteiger partial charge is 0.481 e. The van der Waals surface area contributed by atoms with Gasteiger partial charge in [-0.2, -0.15) is 0 Å². The van der Waals surface area contributed by atoms with E-state index in [-0.39, 0.29) is 18.4 Å². The molecule has 2 fully saturated rings. The second-order valence-electron chi connectivity index (χ2n) is 5.69. The maximum Gasteiger partial charge on any atom is 0.320 e. The second kappa shape index (κ2) is 5.16. The SMILES string of the molecule is CC1CCCC(C)N1C(=O)N1CC(CC(=O)O)C1. The van der Waals surface area contributed by atoms with E-state index >= 15 is 0 Å². The Hall–Kier alpha value is -1.26. The molecular formula is C13H22N2O3. The highest BCUT2D eigenvalue weighted by molar-refractivity contribution is 5.76. The van der Waals surface area contributed by atoms with Gasteiger partial charge in [0.2, 0.25) is 0 Å².